The number of hydrogen-bond acceptors (Lipinski definition) is 3. The third-order valence-electron chi connectivity index (χ3n) is 3.79. The molecule has 0 heterocycles. The van der Waals surface area contributed by atoms with Crippen molar-refractivity contribution in [3.8, 4) is 0 Å². The fourth-order valence-corrected chi connectivity index (χ4v) is 2.18. The van der Waals surface area contributed by atoms with Gasteiger partial charge in [-0.2, -0.15) is 0 Å². The van der Waals surface area contributed by atoms with Crippen molar-refractivity contribution in [2.45, 2.75) is 45.6 Å². The highest BCUT2D eigenvalue weighted by molar-refractivity contribution is 4.86. The molecule has 17 heavy (non-hydrogen) atoms. The summed E-state index contributed by atoms with van der Waals surface area (Å²) >= 11 is 0. The smallest absolute Gasteiger partial charge is 0.0474 e. The lowest BCUT2D eigenvalue weighted by Crippen LogP contribution is -2.41. The molecule has 0 aromatic rings. The Balaban J connectivity index is 2.21. The van der Waals surface area contributed by atoms with Gasteiger partial charge < -0.3 is 15.0 Å². The van der Waals surface area contributed by atoms with Gasteiger partial charge in [-0.3, -0.25) is 0 Å². The maximum absolute atomic E-state index is 5.10. The van der Waals surface area contributed by atoms with Crippen LogP contribution in [0, 0.1) is 5.41 Å². The van der Waals surface area contributed by atoms with Crippen LogP contribution < -0.4 is 5.32 Å². The molecule has 0 amide bonds. The molecule has 1 aliphatic carbocycles. The Hall–Kier alpha value is -0.120. The third-order valence-corrected chi connectivity index (χ3v) is 3.79. The van der Waals surface area contributed by atoms with E-state index in [2.05, 4.69) is 31.1 Å². The van der Waals surface area contributed by atoms with Gasteiger partial charge in [-0.1, -0.05) is 13.8 Å². The van der Waals surface area contributed by atoms with E-state index in [0.717, 1.165) is 32.2 Å². The van der Waals surface area contributed by atoms with E-state index in [0.29, 0.717) is 5.41 Å². The predicted octanol–water partition coefficient (Wildman–Crippen LogP) is 2.12. The van der Waals surface area contributed by atoms with Gasteiger partial charge in [-0.15, -0.1) is 0 Å². The average Bonchev–Trinajstić information content (AvgIpc) is 3.11. The van der Waals surface area contributed by atoms with Crippen molar-refractivity contribution < 1.29 is 4.74 Å². The summed E-state index contributed by atoms with van der Waals surface area (Å²) in [5, 5.41) is 3.67. The fraction of sp³-hybridized carbons (Fsp3) is 1.00. The summed E-state index contributed by atoms with van der Waals surface area (Å²) in [7, 11) is 4.00. The molecular formula is C14H30N2O. The lowest BCUT2D eigenvalue weighted by Gasteiger charge is -2.33. The first-order chi connectivity index (χ1) is 8.09. The molecule has 0 radical (unpaired) electrons. The molecule has 3 heteroatoms. The monoisotopic (exact) mass is 242 g/mol. The number of nitrogens with one attached hydrogen (secondary N) is 1. The van der Waals surface area contributed by atoms with Crippen LogP contribution in [0.4, 0.5) is 0 Å². The van der Waals surface area contributed by atoms with Crippen LogP contribution in [0.3, 0.4) is 0 Å². The Morgan fingerprint density at radius 1 is 1.41 bits per heavy atom. The van der Waals surface area contributed by atoms with Crippen molar-refractivity contribution in [3.05, 3.63) is 0 Å². The van der Waals surface area contributed by atoms with E-state index in [1.165, 1.54) is 25.8 Å². The quantitative estimate of drug-likeness (QED) is 0.594. The molecule has 1 N–H and O–H groups in total. The Morgan fingerprint density at radius 2 is 2.12 bits per heavy atom. The standard InChI is InChI=1S/C14H30N2O/c1-5-14(2,11-15-13-7-8-13)12-16(3)9-6-10-17-4/h13,15H,5-12H2,1-4H3. The molecule has 1 aliphatic rings. The Labute approximate surface area is 107 Å². The molecule has 3 nitrogen and oxygen atoms in total. The summed E-state index contributed by atoms with van der Waals surface area (Å²) in [4.78, 5) is 2.44. The zero-order valence-corrected chi connectivity index (χ0v) is 12.1. The van der Waals surface area contributed by atoms with E-state index < -0.39 is 0 Å². The normalized spacial score (nSPS) is 19.6. The fourth-order valence-electron chi connectivity index (χ4n) is 2.18. The molecule has 1 atom stereocenters. The Bertz CT molecular complexity index is 206. The van der Waals surface area contributed by atoms with Crippen LogP contribution >= 0.6 is 0 Å². The van der Waals surface area contributed by atoms with Crippen LogP contribution in [0.15, 0.2) is 0 Å². The molecule has 0 spiro atoms. The number of rotatable bonds is 10. The van der Waals surface area contributed by atoms with E-state index in [4.69, 9.17) is 4.74 Å². The summed E-state index contributed by atoms with van der Waals surface area (Å²) in [6, 6.07) is 0.819. The van der Waals surface area contributed by atoms with Gasteiger partial charge in [0, 0.05) is 39.4 Å². The zero-order chi connectivity index (χ0) is 12.7. The average molecular weight is 242 g/mol. The minimum atomic E-state index is 0.407. The summed E-state index contributed by atoms with van der Waals surface area (Å²) in [6.45, 7) is 9.03. The Kier molecular flexibility index (Phi) is 6.45. The van der Waals surface area contributed by atoms with Gasteiger partial charge in [0.15, 0.2) is 0 Å². The second kappa shape index (κ2) is 7.34. The van der Waals surface area contributed by atoms with Gasteiger partial charge in [-0.05, 0) is 38.1 Å². The first kappa shape index (κ1) is 14.9. The van der Waals surface area contributed by atoms with E-state index in [1.54, 1.807) is 7.11 Å². The number of methoxy groups -OCH3 is 1. The molecular weight excluding hydrogens is 212 g/mol. The molecule has 0 aromatic heterocycles. The van der Waals surface area contributed by atoms with Crippen molar-refractivity contribution in [3.63, 3.8) is 0 Å². The second-order valence-electron chi connectivity index (χ2n) is 5.90. The summed E-state index contributed by atoms with van der Waals surface area (Å²) in [5.74, 6) is 0. The van der Waals surface area contributed by atoms with Gasteiger partial charge in [0.05, 0.1) is 0 Å². The third kappa shape index (κ3) is 6.39. The number of ether oxygens (including phenoxy) is 1. The molecule has 102 valence electrons. The molecule has 0 aliphatic heterocycles. The molecule has 0 aromatic carbocycles. The molecule has 1 saturated carbocycles. The Morgan fingerprint density at radius 3 is 2.65 bits per heavy atom. The molecule has 0 saturated heterocycles. The first-order valence-corrected chi connectivity index (χ1v) is 7.00. The van der Waals surface area contributed by atoms with Crippen LogP contribution in [0.1, 0.15) is 39.5 Å². The van der Waals surface area contributed by atoms with Gasteiger partial charge in [0.25, 0.3) is 0 Å². The number of hydrogen-bond donors (Lipinski definition) is 1. The van der Waals surface area contributed by atoms with E-state index in [-0.39, 0.29) is 0 Å². The van der Waals surface area contributed by atoms with E-state index in [1.807, 2.05) is 0 Å². The predicted molar refractivity (Wildman–Crippen MR) is 73.4 cm³/mol. The van der Waals surface area contributed by atoms with Crippen molar-refractivity contribution in [2.24, 2.45) is 5.41 Å². The van der Waals surface area contributed by atoms with E-state index in [9.17, 15) is 0 Å². The van der Waals surface area contributed by atoms with Crippen LogP contribution in [0.2, 0.25) is 0 Å². The lowest BCUT2D eigenvalue weighted by atomic mass is 9.86. The highest BCUT2D eigenvalue weighted by atomic mass is 16.5. The minimum absolute atomic E-state index is 0.407. The maximum atomic E-state index is 5.10. The molecule has 1 fully saturated rings. The van der Waals surface area contributed by atoms with Crippen molar-refractivity contribution in [1.29, 1.82) is 0 Å². The maximum Gasteiger partial charge on any atom is 0.0474 e. The van der Waals surface area contributed by atoms with Gasteiger partial charge in [0.1, 0.15) is 0 Å². The van der Waals surface area contributed by atoms with Gasteiger partial charge in [-0.25, -0.2) is 0 Å². The molecule has 0 bridgehead atoms. The number of nitrogens with zero attached hydrogens (tertiary/aromatic N) is 1. The van der Waals surface area contributed by atoms with Crippen molar-refractivity contribution >= 4 is 0 Å². The largest absolute Gasteiger partial charge is 0.385 e. The second-order valence-corrected chi connectivity index (χ2v) is 5.90. The minimum Gasteiger partial charge on any atom is -0.385 e. The summed E-state index contributed by atoms with van der Waals surface area (Å²) in [5.41, 5.74) is 0.407. The summed E-state index contributed by atoms with van der Waals surface area (Å²) in [6.07, 6.45) is 5.12. The van der Waals surface area contributed by atoms with Crippen molar-refractivity contribution in [1.82, 2.24) is 10.2 Å². The highest BCUT2D eigenvalue weighted by Crippen LogP contribution is 2.25. The van der Waals surface area contributed by atoms with Crippen LogP contribution in [-0.2, 0) is 4.74 Å². The van der Waals surface area contributed by atoms with Crippen molar-refractivity contribution in [2.75, 3.05) is 40.4 Å². The van der Waals surface area contributed by atoms with Crippen LogP contribution in [0.5, 0.6) is 0 Å². The van der Waals surface area contributed by atoms with E-state index >= 15 is 0 Å². The molecule has 1 rings (SSSR count). The highest BCUT2D eigenvalue weighted by Gasteiger charge is 2.28. The topological polar surface area (TPSA) is 24.5 Å². The van der Waals surface area contributed by atoms with Gasteiger partial charge >= 0.3 is 0 Å². The lowest BCUT2D eigenvalue weighted by molar-refractivity contribution is 0.149. The molecule has 1 unspecified atom stereocenters. The van der Waals surface area contributed by atoms with Crippen LogP contribution in [0.25, 0.3) is 0 Å². The van der Waals surface area contributed by atoms with Gasteiger partial charge in [0.2, 0.25) is 0 Å². The van der Waals surface area contributed by atoms with Crippen LogP contribution in [-0.4, -0.2) is 51.3 Å². The zero-order valence-electron chi connectivity index (χ0n) is 12.1. The summed E-state index contributed by atoms with van der Waals surface area (Å²) < 4.78 is 5.10. The SMILES string of the molecule is CCC(C)(CNC1CC1)CN(C)CCCOC. The first-order valence-electron chi connectivity index (χ1n) is 7.00.